The Morgan fingerprint density at radius 3 is 2.90 bits per heavy atom. The minimum atomic E-state index is -1.46. The Labute approximate surface area is 58.1 Å². The molecule has 1 aromatic rings. The predicted molar refractivity (Wildman–Crippen MR) is 35.2 cm³/mol. The molecule has 0 spiro atoms. The number of aromatic nitrogens is 1. The highest BCUT2D eigenvalue weighted by atomic mass is 19.3. The molecule has 0 atom stereocenters. The Morgan fingerprint density at radius 1 is 1.80 bits per heavy atom. The summed E-state index contributed by atoms with van der Waals surface area (Å²) < 4.78 is 13.0. The van der Waals surface area contributed by atoms with Gasteiger partial charge < -0.3 is 9.59 Å². The Bertz CT molecular complexity index is 215. The molecule has 0 unspecified atom stereocenters. The van der Waals surface area contributed by atoms with Gasteiger partial charge in [0, 0.05) is 24.9 Å². The first-order valence-electron chi connectivity index (χ1n) is 2.81. The van der Waals surface area contributed by atoms with Crippen LogP contribution in [0.1, 0.15) is 0 Å². The number of hydrogen-bond acceptors (Lipinski definition) is 2. The molecule has 0 aliphatic heterocycles. The predicted octanol–water partition coefficient (Wildman–Crippen LogP) is -0.386. The molecular weight excluding hydrogens is 136 g/mol. The van der Waals surface area contributed by atoms with Crippen molar-refractivity contribution in [3.8, 4) is 0 Å². The van der Waals surface area contributed by atoms with Gasteiger partial charge in [-0.2, -0.15) is 0 Å². The molecular formula is C5H7BFNO2. The van der Waals surface area contributed by atoms with Gasteiger partial charge in [-0.25, -0.2) is 4.86 Å². The molecule has 0 saturated heterocycles. The standard InChI is InChI=1S/C5H7BFNO2/c1-8-3-2-5(4-8)6(9)10-7/h2-4,9H,1H3. The number of nitrogens with zero attached hydrogens (tertiary/aromatic N) is 1. The molecule has 0 radical (unpaired) electrons. The first-order chi connectivity index (χ1) is 4.74. The second-order valence-corrected chi connectivity index (χ2v) is 2.05. The van der Waals surface area contributed by atoms with Crippen LogP contribution in [0.5, 0.6) is 0 Å². The Kier molecular flexibility index (Phi) is 2.08. The third-order valence-corrected chi connectivity index (χ3v) is 1.22. The first-order valence-corrected chi connectivity index (χ1v) is 2.81. The maximum absolute atomic E-state index is 11.3. The molecule has 0 bridgehead atoms. The normalized spacial score (nSPS) is 9.90. The minimum Gasteiger partial charge on any atom is -0.421 e. The van der Waals surface area contributed by atoms with Crippen molar-refractivity contribution in [3.63, 3.8) is 0 Å². The van der Waals surface area contributed by atoms with E-state index in [0.29, 0.717) is 5.46 Å². The van der Waals surface area contributed by atoms with Crippen molar-refractivity contribution in [2.45, 2.75) is 0 Å². The van der Waals surface area contributed by atoms with Crippen molar-refractivity contribution in [3.05, 3.63) is 18.5 Å². The highest BCUT2D eigenvalue weighted by Gasteiger charge is 2.17. The van der Waals surface area contributed by atoms with Crippen LogP contribution in [0.3, 0.4) is 0 Å². The summed E-state index contributed by atoms with van der Waals surface area (Å²) in [5, 5.41) is 8.73. The van der Waals surface area contributed by atoms with Crippen molar-refractivity contribution in [1.29, 1.82) is 0 Å². The van der Waals surface area contributed by atoms with Gasteiger partial charge in [-0.15, -0.1) is 0 Å². The van der Waals surface area contributed by atoms with Crippen LogP contribution >= 0.6 is 0 Å². The van der Waals surface area contributed by atoms with Gasteiger partial charge in [0.2, 0.25) is 0 Å². The summed E-state index contributed by atoms with van der Waals surface area (Å²) in [4.78, 5) is 3.19. The molecule has 0 aliphatic rings. The van der Waals surface area contributed by atoms with Gasteiger partial charge >= 0.3 is 7.12 Å². The van der Waals surface area contributed by atoms with E-state index in [0.717, 1.165) is 0 Å². The molecule has 1 rings (SSSR count). The van der Waals surface area contributed by atoms with Crippen molar-refractivity contribution in [2.75, 3.05) is 0 Å². The van der Waals surface area contributed by atoms with E-state index in [1.807, 2.05) is 0 Å². The molecule has 1 aromatic heterocycles. The van der Waals surface area contributed by atoms with E-state index in [4.69, 9.17) is 5.02 Å². The summed E-state index contributed by atoms with van der Waals surface area (Å²) in [5.41, 5.74) is 0.407. The van der Waals surface area contributed by atoms with E-state index in [9.17, 15) is 4.53 Å². The van der Waals surface area contributed by atoms with E-state index in [1.54, 1.807) is 30.1 Å². The largest absolute Gasteiger partial charge is 0.531 e. The van der Waals surface area contributed by atoms with Crippen LogP contribution in [0.15, 0.2) is 18.5 Å². The van der Waals surface area contributed by atoms with Gasteiger partial charge in [0.05, 0.1) is 0 Å². The zero-order valence-corrected chi connectivity index (χ0v) is 5.49. The summed E-state index contributed by atoms with van der Waals surface area (Å²) in [5.74, 6) is 0. The highest BCUT2D eigenvalue weighted by Crippen LogP contribution is 1.87. The topological polar surface area (TPSA) is 34.4 Å². The van der Waals surface area contributed by atoms with Crippen LogP contribution in [0.2, 0.25) is 0 Å². The molecule has 0 amide bonds. The van der Waals surface area contributed by atoms with Crippen LogP contribution < -0.4 is 5.46 Å². The molecule has 54 valence electrons. The number of aryl methyl sites for hydroxylation is 1. The summed E-state index contributed by atoms with van der Waals surface area (Å²) in [6.07, 6.45) is 3.27. The first kappa shape index (κ1) is 7.30. The van der Waals surface area contributed by atoms with Gasteiger partial charge in [0.15, 0.2) is 0 Å². The number of hydrogen-bond donors (Lipinski definition) is 1. The van der Waals surface area contributed by atoms with Crippen LogP contribution in [0, 0.1) is 0 Å². The van der Waals surface area contributed by atoms with Crippen molar-refractivity contribution >= 4 is 12.6 Å². The zero-order chi connectivity index (χ0) is 7.56. The van der Waals surface area contributed by atoms with E-state index >= 15 is 0 Å². The van der Waals surface area contributed by atoms with Crippen molar-refractivity contribution < 1.29 is 14.4 Å². The fourth-order valence-electron chi connectivity index (χ4n) is 0.722. The van der Waals surface area contributed by atoms with Crippen LogP contribution in [-0.2, 0) is 11.9 Å². The summed E-state index contributed by atoms with van der Waals surface area (Å²) >= 11 is 0. The Hall–Kier alpha value is -0.805. The second-order valence-electron chi connectivity index (χ2n) is 2.05. The van der Waals surface area contributed by atoms with E-state index in [1.165, 1.54) is 0 Å². The quantitative estimate of drug-likeness (QED) is 0.572. The Balaban J connectivity index is 2.74. The summed E-state index contributed by atoms with van der Waals surface area (Å²) in [6, 6.07) is 1.57. The third-order valence-electron chi connectivity index (χ3n) is 1.22. The summed E-state index contributed by atoms with van der Waals surface area (Å²) in [6.45, 7) is 0. The van der Waals surface area contributed by atoms with E-state index in [-0.39, 0.29) is 0 Å². The number of rotatable bonds is 2. The van der Waals surface area contributed by atoms with E-state index in [2.05, 4.69) is 4.86 Å². The van der Waals surface area contributed by atoms with Crippen LogP contribution in [-0.4, -0.2) is 16.7 Å². The van der Waals surface area contributed by atoms with E-state index < -0.39 is 7.12 Å². The van der Waals surface area contributed by atoms with Gasteiger partial charge in [-0.1, -0.05) is 4.53 Å². The molecule has 0 aliphatic carbocycles. The molecule has 0 saturated carbocycles. The van der Waals surface area contributed by atoms with Gasteiger partial charge in [0.25, 0.3) is 0 Å². The minimum absolute atomic E-state index is 0.407. The highest BCUT2D eigenvalue weighted by molar-refractivity contribution is 6.59. The second kappa shape index (κ2) is 2.85. The van der Waals surface area contributed by atoms with Gasteiger partial charge in [-0.3, -0.25) is 0 Å². The van der Waals surface area contributed by atoms with Crippen LogP contribution in [0.25, 0.3) is 0 Å². The lowest BCUT2D eigenvalue weighted by Crippen LogP contribution is -2.29. The lowest BCUT2D eigenvalue weighted by atomic mass is 9.83. The maximum Gasteiger partial charge on any atom is 0.531 e. The molecule has 0 aromatic carbocycles. The monoisotopic (exact) mass is 143 g/mol. The molecule has 0 fully saturated rings. The summed E-state index contributed by atoms with van der Waals surface area (Å²) in [7, 11) is 0.315. The van der Waals surface area contributed by atoms with Crippen LogP contribution in [0.4, 0.5) is 4.53 Å². The average Bonchev–Trinajstić information content (AvgIpc) is 2.34. The fourth-order valence-corrected chi connectivity index (χ4v) is 0.722. The molecule has 1 heterocycles. The molecule has 1 N–H and O–H groups in total. The molecule has 5 heteroatoms. The van der Waals surface area contributed by atoms with Gasteiger partial charge in [-0.05, 0) is 6.07 Å². The molecule has 3 nitrogen and oxygen atoms in total. The fraction of sp³-hybridized carbons (Fsp3) is 0.200. The molecule has 10 heavy (non-hydrogen) atoms. The smallest absolute Gasteiger partial charge is 0.421 e. The lowest BCUT2D eigenvalue weighted by Gasteiger charge is -1.93. The maximum atomic E-state index is 11.3. The third kappa shape index (κ3) is 1.37. The zero-order valence-electron chi connectivity index (χ0n) is 5.49. The SMILES string of the molecule is Cn1ccc(B(O)OF)c1. The number of halogens is 1. The lowest BCUT2D eigenvalue weighted by molar-refractivity contribution is -0.0267. The van der Waals surface area contributed by atoms with Gasteiger partial charge in [0.1, 0.15) is 0 Å². The van der Waals surface area contributed by atoms with Crippen molar-refractivity contribution in [1.82, 2.24) is 4.57 Å². The average molecular weight is 143 g/mol. The van der Waals surface area contributed by atoms with Crippen molar-refractivity contribution in [2.24, 2.45) is 7.05 Å². The Morgan fingerprint density at radius 2 is 2.50 bits per heavy atom.